The molecule has 2 aromatic heterocycles. The van der Waals surface area contributed by atoms with Gasteiger partial charge < -0.3 is 4.98 Å². The first-order chi connectivity index (χ1) is 8.15. The molecule has 86 valence electrons. The van der Waals surface area contributed by atoms with Gasteiger partial charge in [0, 0.05) is 15.4 Å². The van der Waals surface area contributed by atoms with Crippen LogP contribution in [0.25, 0.3) is 22.4 Å². The Balaban J connectivity index is 2.27. The lowest BCUT2D eigenvalue weighted by atomic mass is 10.2. The number of rotatable bonds is 1. The molecule has 1 aromatic carbocycles. The van der Waals surface area contributed by atoms with E-state index in [2.05, 4.69) is 62.6 Å². The molecule has 3 aromatic rings. The minimum Gasteiger partial charge on any atom is -0.338 e. The van der Waals surface area contributed by atoms with E-state index in [0.29, 0.717) is 0 Å². The van der Waals surface area contributed by atoms with Crippen molar-refractivity contribution in [3.63, 3.8) is 0 Å². The Hall–Kier alpha value is -1.13. The second-order valence-electron chi connectivity index (χ2n) is 4.17. The van der Waals surface area contributed by atoms with Gasteiger partial charge in [-0.15, -0.1) is 0 Å². The van der Waals surface area contributed by atoms with Crippen LogP contribution in [0.15, 0.2) is 27.4 Å². The standard InChI is InChI=1S/C13H11BrN2S/c1-7-3-9(14)4-11-12(7)16-13(15-11)10-6-17-5-8(10)2/h3-6H,1-2H3,(H,15,16). The summed E-state index contributed by atoms with van der Waals surface area (Å²) < 4.78 is 1.08. The fourth-order valence-electron chi connectivity index (χ4n) is 1.98. The van der Waals surface area contributed by atoms with Gasteiger partial charge in [-0.3, -0.25) is 0 Å². The first-order valence-electron chi connectivity index (χ1n) is 5.34. The average Bonchev–Trinajstić information content (AvgIpc) is 2.83. The second-order valence-corrected chi connectivity index (χ2v) is 5.83. The van der Waals surface area contributed by atoms with E-state index in [1.54, 1.807) is 11.3 Å². The van der Waals surface area contributed by atoms with Crippen LogP contribution in [0.4, 0.5) is 0 Å². The number of aromatic amines is 1. The third-order valence-electron chi connectivity index (χ3n) is 2.85. The number of hydrogen-bond donors (Lipinski definition) is 1. The molecule has 2 heterocycles. The number of aromatic nitrogens is 2. The van der Waals surface area contributed by atoms with Gasteiger partial charge in [0.05, 0.1) is 11.0 Å². The lowest BCUT2D eigenvalue weighted by Crippen LogP contribution is -1.79. The molecule has 1 N–H and O–H groups in total. The summed E-state index contributed by atoms with van der Waals surface area (Å²) in [5.41, 5.74) is 5.78. The molecule has 4 heteroatoms. The third-order valence-corrected chi connectivity index (χ3v) is 4.17. The molecule has 0 aliphatic heterocycles. The maximum absolute atomic E-state index is 4.69. The van der Waals surface area contributed by atoms with Crippen LogP contribution in [-0.2, 0) is 0 Å². The van der Waals surface area contributed by atoms with Crippen LogP contribution in [0.5, 0.6) is 0 Å². The van der Waals surface area contributed by atoms with Gasteiger partial charge in [0.2, 0.25) is 0 Å². The molecular weight excluding hydrogens is 296 g/mol. The zero-order chi connectivity index (χ0) is 12.0. The van der Waals surface area contributed by atoms with Crippen LogP contribution in [0.3, 0.4) is 0 Å². The van der Waals surface area contributed by atoms with Gasteiger partial charge in [-0.2, -0.15) is 11.3 Å². The monoisotopic (exact) mass is 306 g/mol. The average molecular weight is 307 g/mol. The van der Waals surface area contributed by atoms with Crippen molar-refractivity contribution in [2.75, 3.05) is 0 Å². The molecule has 0 spiro atoms. The molecule has 0 unspecified atom stereocenters. The van der Waals surface area contributed by atoms with Gasteiger partial charge in [0.1, 0.15) is 5.82 Å². The molecule has 0 radical (unpaired) electrons. The van der Waals surface area contributed by atoms with Gasteiger partial charge >= 0.3 is 0 Å². The van der Waals surface area contributed by atoms with Crippen molar-refractivity contribution in [3.8, 4) is 11.4 Å². The lowest BCUT2D eigenvalue weighted by molar-refractivity contribution is 1.32. The van der Waals surface area contributed by atoms with Crippen molar-refractivity contribution in [3.05, 3.63) is 38.5 Å². The number of hydrogen-bond acceptors (Lipinski definition) is 2. The minimum atomic E-state index is 0.958. The van der Waals surface area contributed by atoms with Crippen molar-refractivity contribution in [1.29, 1.82) is 0 Å². The maximum Gasteiger partial charge on any atom is 0.139 e. The van der Waals surface area contributed by atoms with Gasteiger partial charge in [-0.05, 0) is 42.5 Å². The van der Waals surface area contributed by atoms with Crippen LogP contribution in [-0.4, -0.2) is 9.97 Å². The molecule has 2 nitrogen and oxygen atoms in total. The number of aryl methyl sites for hydroxylation is 2. The predicted molar refractivity (Wildman–Crippen MR) is 76.6 cm³/mol. The summed E-state index contributed by atoms with van der Waals surface area (Å²) in [4.78, 5) is 8.07. The molecule has 0 aliphatic rings. The molecule has 0 fully saturated rings. The Bertz CT molecular complexity index is 697. The molecule has 3 rings (SSSR count). The number of imidazole rings is 1. The van der Waals surface area contributed by atoms with Gasteiger partial charge in [0.15, 0.2) is 0 Å². The molecule has 0 atom stereocenters. The van der Waals surface area contributed by atoms with Gasteiger partial charge in [-0.25, -0.2) is 4.98 Å². The Morgan fingerprint density at radius 1 is 1.18 bits per heavy atom. The highest BCUT2D eigenvalue weighted by Crippen LogP contribution is 2.29. The Labute approximate surface area is 112 Å². The number of halogens is 1. The Morgan fingerprint density at radius 2 is 2.00 bits per heavy atom. The van der Waals surface area contributed by atoms with Crippen molar-refractivity contribution in [2.45, 2.75) is 13.8 Å². The molecule has 0 amide bonds. The summed E-state index contributed by atoms with van der Waals surface area (Å²) in [6.07, 6.45) is 0. The van der Waals surface area contributed by atoms with Gasteiger partial charge in [-0.1, -0.05) is 15.9 Å². The van der Waals surface area contributed by atoms with Crippen LogP contribution in [0.1, 0.15) is 11.1 Å². The van der Waals surface area contributed by atoms with E-state index in [-0.39, 0.29) is 0 Å². The summed E-state index contributed by atoms with van der Waals surface area (Å²) in [6, 6.07) is 4.16. The number of thiophene rings is 1. The van der Waals surface area contributed by atoms with Crippen molar-refractivity contribution < 1.29 is 0 Å². The number of benzene rings is 1. The first kappa shape index (κ1) is 11.0. The zero-order valence-corrected chi connectivity index (χ0v) is 11.9. The number of H-pyrrole nitrogens is 1. The highest BCUT2D eigenvalue weighted by Gasteiger charge is 2.10. The molecule has 0 bridgehead atoms. The molecule has 17 heavy (non-hydrogen) atoms. The third kappa shape index (κ3) is 1.81. The van der Waals surface area contributed by atoms with E-state index in [9.17, 15) is 0 Å². The Kier molecular flexibility index (Phi) is 2.56. The van der Waals surface area contributed by atoms with E-state index < -0.39 is 0 Å². The van der Waals surface area contributed by atoms with E-state index in [1.165, 1.54) is 16.7 Å². The zero-order valence-electron chi connectivity index (χ0n) is 9.54. The van der Waals surface area contributed by atoms with Crippen molar-refractivity contribution in [1.82, 2.24) is 9.97 Å². The molecule has 0 aliphatic carbocycles. The minimum absolute atomic E-state index is 0.958. The summed E-state index contributed by atoms with van der Waals surface area (Å²) >= 11 is 5.22. The smallest absolute Gasteiger partial charge is 0.139 e. The van der Waals surface area contributed by atoms with E-state index >= 15 is 0 Å². The Morgan fingerprint density at radius 3 is 2.71 bits per heavy atom. The topological polar surface area (TPSA) is 28.7 Å². The lowest BCUT2D eigenvalue weighted by Gasteiger charge is -1.94. The first-order valence-corrected chi connectivity index (χ1v) is 7.08. The summed E-state index contributed by atoms with van der Waals surface area (Å²) in [7, 11) is 0. The van der Waals surface area contributed by atoms with Crippen LogP contribution in [0, 0.1) is 13.8 Å². The van der Waals surface area contributed by atoms with Gasteiger partial charge in [0.25, 0.3) is 0 Å². The molecule has 0 saturated carbocycles. The molecular formula is C13H11BrN2S. The van der Waals surface area contributed by atoms with E-state index in [1.807, 2.05) is 0 Å². The van der Waals surface area contributed by atoms with Crippen LogP contribution in [0.2, 0.25) is 0 Å². The van der Waals surface area contributed by atoms with Crippen molar-refractivity contribution >= 4 is 38.3 Å². The van der Waals surface area contributed by atoms with E-state index in [0.717, 1.165) is 21.3 Å². The van der Waals surface area contributed by atoms with Crippen molar-refractivity contribution in [2.24, 2.45) is 0 Å². The summed E-state index contributed by atoms with van der Waals surface area (Å²) in [6.45, 7) is 4.19. The highest BCUT2D eigenvalue weighted by molar-refractivity contribution is 9.10. The predicted octanol–water partition coefficient (Wildman–Crippen LogP) is 4.67. The number of fused-ring (bicyclic) bond motifs is 1. The maximum atomic E-state index is 4.69. The number of nitrogens with zero attached hydrogens (tertiary/aromatic N) is 1. The number of nitrogens with one attached hydrogen (secondary N) is 1. The SMILES string of the molecule is Cc1cscc1-c1nc2c(C)cc(Br)cc2[nH]1. The highest BCUT2D eigenvalue weighted by atomic mass is 79.9. The van der Waals surface area contributed by atoms with Crippen LogP contribution < -0.4 is 0 Å². The fraction of sp³-hybridized carbons (Fsp3) is 0.154. The second kappa shape index (κ2) is 3.96. The largest absolute Gasteiger partial charge is 0.338 e. The molecule has 0 saturated heterocycles. The fourth-order valence-corrected chi connectivity index (χ4v) is 3.38. The summed E-state index contributed by atoms with van der Waals surface area (Å²) in [5, 5.41) is 4.28. The normalized spacial score (nSPS) is 11.2. The quantitative estimate of drug-likeness (QED) is 0.695. The van der Waals surface area contributed by atoms with Crippen LogP contribution >= 0.6 is 27.3 Å². The summed E-state index contributed by atoms with van der Waals surface area (Å²) in [5.74, 6) is 0.958. The van der Waals surface area contributed by atoms with E-state index in [4.69, 9.17) is 0 Å².